The number of hydrogen-bond donors (Lipinski definition) is 1. The summed E-state index contributed by atoms with van der Waals surface area (Å²) in [5.74, 6) is 2.71. The van der Waals surface area contributed by atoms with Crippen molar-refractivity contribution >= 4 is 27.4 Å². The molecule has 1 atom stereocenters. The lowest BCUT2D eigenvalue weighted by Crippen LogP contribution is -2.16. The zero-order valence-corrected chi connectivity index (χ0v) is 10.2. The van der Waals surface area contributed by atoms with Gasteiger partial charge in [-0.05, 0) is 22.9 Å². The Balaban J connectivity index is 2.96. The summed E-state index contributed by atoms with van der Waals surface area (Å²) in [6, 6.07) is 1.34. The molecule has 1 unspecified atom stereocenters. The molecule has 1 aromatic heterocycles. The Labute approximate surface area is 102 Å². The maximum absolute atomic E-state index is 10.8. The number of nitrogens with zero attached hydrogens (tertiary/aromatic N) is 2. The fourth-order valence-electron chi connectivity index (χ4n) is 1.14. The Hall–Kier alpha value is -1.61. The molecule has 0 spiro atoms. The van der Waals surface area contributed by atoms with Crippen molar-refractivity contribution in [2.24, 2.45) is 0 Å². The summed E-state index contributed by atoms with van der Waals surface area (Å²) in [7, 11) is 0. The van der Waals surface area contributed by atoms with Gasteiger partial charge in [0, 0.05) is 29.2 Å². The number of nitrogens with one attached hydrogen (secondary N) is 1. The van der Waals surface area contributed by atoms with Crippen molar-refractivity contribution in [1.29, 1.82) is 0 Å². The molecule has 0 saturated carbocycles. The van der Waals surface area contributed by atoms with Crippen LogP contribution >= 0.6 is 15.9 Å². The van der Waals surface area contributed by atoms with E-state index in [1.54, 1.807) is 0 Å². The molecule has 0 aliphatic carbocycles. The Morgan fingerprint density at radius 2 is 2.50 bits per heavy atom. The zero-order chi connectivity index (χ0) is 12.1. The number of aromatic nitrogens is 1. The molecule has 0 aromatic carbocycles. The first-order chi connectivity index (χ1) is 7.54. The third kappa shape index (κ3) is 3.21. The predicted molar refractivity (Wildman–Crippen MR) is 65.1 cm³/mol. The van der Waals surface area contributed by atoms with E-state index in [9.17, 15) is 10.1 Å². The van der Waals surface area contributed by atoms with Gasteiger partial charge in [-0.15, -0.1) is 12.3 Å². The van der Waals surface area contributed by atoms with Crippen LogP contribution in [0.4, 0.5) is 11.5 Å². The van der Waals surface area contributed by atoms with Crippen LogP contribution in [-0.2, 0) is 0 Å². The van der Waals surface area contributed by atoms with Gasteiger partial charge in [0.1, 0.15) is 0 Å². The Kier molecular flexibility index (Phi) is 4.26. The van der Waals surface area contributed by atoms with E-state index in [1.807, 2.05) is 6.92 Å². The highest BCUT2D eigenvalue weighted by molar-refractivity contribution is 9.10. The van der Waals surface area contributed by atoms with Crippen LogP contribution in [-0.4, -0.2) is 15.9 Å². The van der Waals surface area contributed by atoms with Gasteiger partial charge in [-0.3, -0.25) is 10.1 Å². The molecular formula is C10H10BrN3O2. The van der Waals surface area contributed by atoms with E-state index in [1.165, 1.54) is 12.3 Å². The second-order valence-electron chi connectivity index (χ2n) is 3.23. The van der Waals surface area contributed by atoms with Crippen LogP contribution in [0.5, 0.6) is 0 Å². The smallest absolute Gasteiger partial charge is 0.312 e. The topological polar surface area (TPSA) is 68.1 Å². The quantitative estimate of drug-likeness (QED) is 0.524. The summed E-state index contributed by atoms with van der Waals surface area (Å²) in [6.07, 6.45) is 7.13. The predicted octanol–water partition coefficient (Wildman–Crippen LogP) is 2.58. The first-order valence-corrected chi connectivity index (χ1v) is 5.34. The first kappa shape index (κ1) is 12.5. The van der Waals surface area contributed by atoms with E-state index in [4.69, 9.17) is 6.42 Å². The Morgan fingerprint density at radius 1 is 1.81 bits per heavy atom. The summed E-state index contributed by atoms with van der Waals surface area (Å²) in [6.45, 7) is 1.84. The summed E-state index contributed by atoms with van der Waals surface area (Å²) in [5, 5.41) is 13.7. The molecule has 0 aliphatic rings. The van der Waals surface area contributed by atoms with E-state index in [0.29, 0.717) is 10.9 Å². The van der Waals surface area contributed by atoms with Crippen molar-refractivity contribution in [2.75, 3.05) is 5.32 Å². The van der Waals surface area contributed by atoms with Gasteiger partial charge in [-0.1, -0.05) is 0 Å². The number of halogens is 1. The molecule has 1 heterocycles. The molecule has 5 nitrogen and oxygen atoms in total. The standard InChI is InChI=1S/C10H10BrN3O2/c1-3-4-7(2)13-10-9(14(15)16)5-8(11)6-12-10/h1,5-7H,4H2,2H3,(H,12,13). The van der Waals surface area contributed by atoms with Gasteiger partial charge in [0.15, 0.2) is 0 Å². The fraction of sp³-hybridized carbons (Fsp3) is 0.300. The maximum atomic E-state index is 10.8. The second-order valence-corrected chi connectivity index (χ2v) is 4.15. The van der Waals surface area contributed by atoms with Crippen LogP contribution in [0.15, 0.2) is 16.7 Å². The van der Waals surface area contributed by atoms with Gasteiger partial charge in [0.2, 0.25) is 5.82 Å². The van der Waals surface area contributed by atoms with Crippen molar-refractivity contribution in [1.82, 2.24) is 4.98 Å². The lowest BCUT2D eigenvalue weighted by molar-refractivity contribution is -0.384. The van der Waals surface area contributed by atoms with Gasteiger partial charge in [-0.2, -0.15) is 0 Å². The molecule has 0 bridgehead atoms. The Bertz CT molecular complexity index is 442. The molecule has 0 saturated heterocycles. The van der Waals surface area contributed by atoms with E-state index in [2.05, 4.69) is 32.2 Å². The number of hydrogen-bond acceptors (Lipinski definition) is 4. The van der Waals surface area contributed by atoms with Crippen molar-refractivity contribution in [2.45, 2.75) is 19.4 Å². The molecule has 6 heteroatoms. The van der Waals surface area contributed by atoms with Crippen molar-refractivity contribution < 1.29 is 4.92 Å². The minimum absolute atomic E-state index is 0.0580. The number of rotatable bonds is 4. The molecule has 84 valence electrons. The highest BCUT2D eigenvalue weighted by Crippen LogP contribution is 2.25. The molecule has 0 radical (unpaired) electrons. The van der Waals surface area contributed by atoms with Crippen LogP contribution in [0.25, 0.3) is 0 Å². The summed E-state index contributed by atoms with van der Waals surface area (Å²) in [4.78, 5) is 14.2. The molecular weight excluding hydrogens is 274 g/mol. The van der Waals surface area contributed by atoms with Gasteiger partial charge < -0.3 is 5.32 Å². The molecule has 1 N–H and O–H groups in total. The third-order valence-corrected chi connectivity index (χ3v) is 2.27. The van der Waals surface area contributed by atoms with E-state index < -0.39 is 4.92 Å². The SMILES string of the molecule is C#CCC(C)Nc1ncc(Br)cc1[N+](=O)[O-]. The second kappa shape index (κ2) is 5.47. The minimum Gasteiger partial charge on any atom is -0.361 e. The average Bonchev–Trinajstić information content (AvgIpc) is 2.20. The van der Waals surface area contributed by atoms with Crippen molar-refractivity contribution in [3.8, 4) is 12.3 Å². The number of nitro groups is 1. The molecule has 0 fully saturated rings. The van der Waals surface area contributed by atoms with Crippen LogP contribution in [0.2, 0.25) is 0 Å². The molecule has 0 amide bonds. The normalized spacial score (nSPS) is 11.6. The fourth-order valence-corrected chi connectivity index (χ4v) is 1.46. The summed E-state index contributed by atoms with van der Waals surface area (Å²) < 4.78 is 0.564. The average molecular weight is 284 g/mol. The summed E-state index contributed by atoms with van der Waals surface area (Å²) in [5.41, 5.74) is -0.0711. The zero-order valence-electron chi connectivity index (χ0n) is 8.61. The maximum Gasteiger partial charge on any atom is 0.312 e. The van der Waals surface area contributed by atoms with E-state index in [-0.39, 0.29) is 17.5 Å². The molecule has 0 aliphatic heterocycles. The van der Waals surface area contributed by atoms with E-state index in [0.717, 1.165) is 0 Å². The van der Waals surface area contributed by atoms with Gasteiger partial charge >= 0.3 is 5.69 Å². The van der Waals surface area contributed by atoms with E-state index >= 15 is 0 Å². The van der Waals surface area contributed by atoms with Crippen molar-refractivity contribution in [3.05, 3.63) is 26.9 Å². The number of terminal acetylenes is 1. The minimum atomic E-state index is -0.483. The molecule has 16 heavy (non-hydrogen) atoms. The van der Waals surface area contributed by atoms with Gasteiger partial charge in [-0.25, -0.2) is 4.98 Å². The highest BCUT2D eigenvalue weighted by Gasteiger charge is 2.16. The first-order valence-electron chi connectivity index (χ1n) is 4.54. The third-order valence-electron chi connectivity index (χ3n) is 1.84. The highest BCUT2D eigenvalue weighted by atomic mass is 79.9. The largest absolute Gasteiger partial charge is 0.361 e. The van der Waals surface area contributed by atoms with Gasteiger partial charge in [0.05, 0.1) is 4.92 Å². The Morgan fingerprint density at radius 3 is 3.06 bits per heavy atom. The lowest BCUT2D eigenvalue weighted by atomic mass is 10.2. The van der Waals surface area contributed by atoms with Crippen LogP contribution in [0.3, 0.4) is 0 Å². The van der Waals surface area contributed by atoms with Crippen LogP contribution in [0.1, 0.15) is 13.3 Å². The number of pyridine rings is 1. The monoisotopic (exact) mass is 283 g/mol. The number of anilines is 1. The molecule has 1 rings (SSSR count). The van der Waals surface area contributed by atoms with Crippen LogP contribution < -0.4 is 5.32 Å². The lowest BCUT2D eigenvalue weighted by Gasteiger charge is -2.11. The molecule has 1 aromatic rings. The summed E-state index contributed by atoms with van der Waals surface area (Å²) >= 11 is 3.13. The van der Waals surface area contributed by atoms with Crippen LogP contribution in [0, 0.1) is 22.5 Å². The van der Waals surface area contributed by atoms with Gasteiger partial charge in [0.25, 0.3) is 0 Å². The van der Waals surface area contributed by atoms with Crippen molar-refractivity contribution in [3.63, 3.8) is 0 Å².